The van der Waals surface area contributed by atoms with E-state index in [0.717, 1.165) is 16.7 Å². The topological polar surface area (TPSA) is 78.4 Å². The number of nitrogens with zero attached hydrogens (tertiary/aromatic N) is 2. The van der Waals surface area contributed by atoms with Crippen LogP contribution in [0.5, 0.6) is 0 Å². The summed E-state index contributed by atoms with van der Waals surface area (Å²) in [6.07, 6.45) is -4.43. The molecule has 1 amide bonds. The first-order valence-electron chi connectivity index (χ1n) is 7.28. The Kier molecular flexibility index (Phi) is 7.00. The summed E-state index contributed by atoms with van der Waals surface area (Å²) in [6.45, 7) is 6.44. The molecular weight excluding hydrogens is 343 g/mol. The minimum atomic E-state index is -4.43. The Labute approximate surface area is 143 Å². The van der Waals surface area contributed by atoms with Crippen LogP contribution in [-0.4, -0.2) is 37.0 Å². The zero-order valence-electron chi connectivity index (χ0n) is 14.0. The predicted octanol–water partition coefficient (Wildman–Crippen LogP) is 1.99. The van der Waals surface area contributed by atoms with Gasteiger partial charge in [-0.1, -0.05) is 20.8 Å². The smallest absolute Gasteiger partial charge is 0.355 e. The van der Waals surface area contributed by atoms with Gasteiger partial charge in [0.25, 0.3) is 0 Å². The summed E-state index contributed by atoms with van der Waals surface area (Å²) in [5.74, 6) is 0.360. The molecule has 0 aliphatic heterocycles. The highest BCUT2D eigenvalue weighted by atomic mass is 32.1. The number of hydrogen-bond acceptors (Lipinski definition) is 4. The van der Waals surface area contributed by atoms with E-state index in [0.29, 0.717) is 24.1 Å². The molecule has 3 N–H and O–H groups in total. The van der Waals surface area contributed by atoms with Gasteiger partial charge >= 0.3 is 6.18 Å². The maximum Gasteiger partial charge on any atom is 0.434 e. The van der Waals surface area contributed by atoms with Gasteiger partial charge in [-0.05, 0) is 0 Å². The van der Waals surface area contributed by atoms with Crippen LogP contribution in [-0.2, 0) is 17.5 Å². The van der Waals surface area contributed by atoms with Gasteiger partial charge in [-0.3, -0.25) is 9.79 Å². The molecule has 24 heavy (non-hydrogen) atoms. The number of guanidine groups is 1. The van der Waals surface area contributed by atoms with Gasteiger partial charge in [0.05, 0.1) is 6.54 Å². The van der Waals surface area contributed by atoms with Gasteiger partial charge < -0.3 is 16.0 Å². The fourth-order valence-corrected chi connectivity index (χ4v) is 2.26. The van der Waals surface area contributed by atoms with Crippen molar-refractivity contribution in [2.75, 3.05) is 20.1 Å². The summed E-state index contributed by atoms with van der Waals surface area (Å²) in [5, 5.41) is 9.91. The van der Waals surface area contributed by atoms with Crippen LogP contribution in [0.2, 0.25) is 0 Å². The van der Waals surface area contributed by atoms with E-state index in [9.17, 15) is 18.0 Å². The van der Waals surface area contributed by atoms with Crippen LogP contribution in [0.25, 0.3) is 0 Å². The Morgan fingerprint density at radius 3 is 2.33 bits per heavy atom. The highest BCUT2D eigenvalue weighted by molar-refractivity contribution is 7.09. The van der Waals surface area contributed by atoms with E-state index in [1.54, 1.807) is 7.05 Å². The SMILES string of the molecule is CN=C(NCCNC(=O)C(C)(C)C)NCc1nc(C(F)(F)F)cs1. The number of amides is 1. The van der Waals surface area contributed by atoms with E-state index >= 15 is 0 Å². The van der Waals surface area contributed by atoms with Gasteiger partial charge in [0, 0.05) is 30.9 Å². The molecule has 1 aromatic rings. The monoisotopic (exact) mass is 365 g/mol. The van der Waals surface area contributed by atoms with Crippen molar-refractivity contribution in [2.24, 2.45) is 10.4 Å². The molecule has 6 nitrogen and oxygen atoms in total. The third-order valence-corrected chi connectivity index (χ3v) is 3.71. The summed E-state index contributed by atoms with van der Waals surface area (Å²) >= 11 is 0.930. The third-order valence-electron chi connectivity index (χ3n) is 2.86. The lowest BCUT2D eigenvalue weighted by atomic mass is 9.96. The fourth-order valence-electron chi connectivity index (χ4n) is 1.52. The van der Waals surface area contributed by atoms with Crippen LogP contribution in [0.3, 0.4) is 0 Å². The summed E-state index contributed by atoms with van der Waals surface area (Å²) in [7, 11) is 1.55. The Morgan fingerprint density at radius 2 is 1.83 bits per heavy atom. The van der Waals surface area contributed by atoms with Crippen LogP contribution in [0.1, 0.15) is 31.5 Å². The van der Waals surface area contributed by atoms with Gasteiger partial charge in [-0.2, -0.15) is 13.2 Å². The van der Waals surface area contributed by atoms with Crippen LogP contribution < -0.4 is 16.0 Å². The fraction of sp³-hybridized carbons (Fsp3) is 0.643. The quantitative estimate of drug-likeness (QED) is 0.424. The number of hydrogen-bond donors (Lipinski definition) is 3. The number of nitrogens with one attached hydrogen (secondary N) is 3. The molecule has 0 saturated heterocycles. The second-order valence-corrected chi connectivity index (χ2v) is 6.93. The van der Waals surface area contributed by atoms with Gasteiger partial charge in [0.1, 0.15) is 5.01 Å². The van der Waals surface area contributed by atoms with E-state index in [1.165, 1.54) is 0 Å². The first-order valence-corrected chi connectivity index (χ1v) is 8.16. The van der Waals surface area contributed by atoms with Crippen molar-refractivity contribution in [1.29, 1.82) is 0 Å². The number of aliphatic imine (C=N–C) groups is 1. The van der Waals surface area contributed by atoms with Crippen molar-refractivity contribution in [3.8, 4) is 0 Å². The van der Waals surface area contributed by atoms with E-state index < -0.39 is 17.3 Å². The van der Waals surface area contributed by atoms with E-state index in [2.05, 4.69) is 25.9 Å². The molecular formula is C14H22F3N5OS. The summed E-state index contributed by atoms with van der Waals surface area (Å²) < 4.78 is 37.4. The normalized spacial score (nSPS) is 12.9. The highest BCUT2D eigenvalue weighted by Crippen LogP contribution is 2.29. The molecule has 0 atom stereocenters. The standard InChI is InChI=1S/C14H22F3N5OS/c1-13(2,3)11(23)19-5-6-20-12(18-4)21-7-10-22-9(8-24-10)14(15,16)17/h8H,5-7H2,1-4H3,(H,19,23)(H2,18,20,21). The maximum atomic E-state index is 12.5. The Bertz CT molecular complexity index is 578. The van der Waals surface area contributed by atoms with E-state index in [1.807, 2.05) is 20.8 Å². The first-order chi connectivity index (χ1) is 11.0. The summed E-state index contributed by atoms with van der Waals surface area (Å²) in [4.78, 5) is 19.2. The molecule has 0 bridgehead atoms. The molecule has 1 rings (SSSR count). The van der Waals surface area contributed by atoms with Gasteiger partial charge in [0.15, 0.2) is 11.7 Å². The van der Waals surface area contributed by atoms with Crippen molar-refractivity contribution in [1.82, 2.24) is 20.9 Å². The molecule has 0 radical (unpaired) electrons. The summed E-state index contributed by atoms with van der Waals surface area (Å²) in [6, 6.07) is 0. The third kappa shape index (κ3) is 6.73. The van der Waals surface area contributed by atoms with Crippen molar-refractivity contribution in [3.63, 3.8) is 0 Å². The number of halogens is 3. The largest absolute Gasteiger partial charge is 0.434 e. The number of alkyl halides is 3. The van der Waals surface area contributed by atoms with Crippen molar-refractivity contribution in [3.05, 3.63) is 16.1 Å². The lowest BCUT2D eigenvalue weighted by Crippen LogP contribution is -2.43. The average molecular weight is 365 g/mol. The summed E-state index contributed by atoms with van der Waals surface area (Å²) in [5.41, 5.74) is -1.35. The van der Waals surface area contributed by atoms with Gasteiger partial charge in [-0.25, -0.2) is 4.98 Å². The number of aromatic nitrogens is 1. The highest BCUT2D eigenvalue weighted by Gasteiger charge is 2.33. The lowest BCUT2D eigenvalue weighted by Gasteiger charge is -2.18. The van der Waals surface area contributed by atoms with Gasteiger partial charge in [0.2, 0.25) is 5.91 Å². The van der Waals surface area contributed by atoms with Crippen LogP contribution >= 0.6 is 11.3 Å². The molecule has 0 aliphatic carbocycles. The molecule has 0 aliphatic rings. The second kappa shape index (κ2) is 8.32. The van der Waals surface area contributed by atoms with Gasteiger partial charge in [-0.15, -0.1) is 11.3 Å². The zero-order valence-corrected chi connectivity index (χ0v) is 14.9. The Morgan fingerprint density at radius 1 is 1.21 bits per heavy atom. The minimum Gasteiger partial charge on any atom is -0.355 e. The number of carbonyl (C=O) groups is 1. The predicted molar refractivity (Wildman–Crippen MR) is 87.8 cm³/mol. The van der Waals surface area contributed by atoms with Crippen LogP contribution in [0.15, 0.2) is 10.4 Å². The van der Waals surface area contributed by atoms with E-state index in [-0.39, 0.29) is 12.5 Å². The van der Waals surface area contributed by atoms with Crippen LogP contribution in [0.4, 0.5) is 13.2 Å². The van der Waals surface area contributed by atoms with Crippen molar-refractivity contribution in [2.45, 2.75) is 33.5 Å². The Balaban J connectivity index is 2.36. The van der Waals surface area contributed by atoms with Crippen molar-refractivity contribution >= 4 is 23.2 Å². The number of carbonyl (C=O) groups excluding carboxylic acids is 1. The second-order valence-electron chi connectivity index (χ2n) is 5.98. The molecule has 0 fully saturated rings. The Hall–Kier alpha value is -1.84. The average Bonchev–Trinajstić information content (AvgIpc) is 2.94. The molecule has 0 aromatic carbocycles. The zero-order chi connectivity index (χ0) is 18.4. The molecule has 1 heterocycles. The van der Waals surface area contributed by atoms with Crippen LogP contribution in [0, 0.1) is 5.41 Å². The van der Waals surface area contributed by atoms with Crippen molar-refractivity contribution < 1.29 is 18.0 Å². The lowest BCUT2D eigenvalue weighted by molar-refractivity contribution is -0.140. The molecule has 0 unspecified atom stereocenters. The minimum absolute atomic E-state index is 0.0605. The van der Waals surface area contributed by atoms with E-state index in [4.69, 9.17) is 0 Å². The molecule has 136 valence electrons. The molecule has 0 saturated carbocycles. The first kappa shape index (κ1) is 20.2. The maximum absolute atomic E-state index is 12.5. The molecule has 1 aromatic heterocycles. The molecule has 10 heteroatoms. The number of rotatable bonds is 5. The number of thiazole rings is 1. The molecule has 0 spiro atoms.